The van der Waals surface area contributed by atoms with Crippen molar-refractivity contribution in [1.29, 1.82) is 0 Å². The van der Waals surface area contributed by atoms with E-state index in [1.54, 1.807) is 18.2 Å². The van der Waals surface area contributed by atoms with Crippen LogP contribution in [0.2, 0.25) is 5.02 Å². The molecule has 0 atom stereocenters. The van der Waals surface area contributed by atoms with Gasteiger partial charge in [-0.05, 0) is 24.3 Å². The van der Waals surface area contributed by atoms with Crippen molar-refractivity contribution in [3.8, 4) is 11.5 Å². The van der Waals surface area contributed by atoms with Crippen LogP contribution < -0.4 is 20.8 Å². The summed E-state index contributed by atoms with van der Waals surface area (Å²) in [5.74, 6) is 6.78. The highest BCUT2D eigenvalue weighted by atomic mass is 35.5. The Morgan fingerprint density at radius 3 is 2.73 bits per heavy atom. The van der Waals surface area contributed by atoms with Crippen molar-refractivity contribution in [2.45, 2.75) is 0 Å². The van der Waals surface area contributed by atoms with Gasteiger partial charge in [0.1, 0.15) is 12.1 Å². The van der Waals surface area contributed by atoms with E-state index in [1.807, 2.05) is 18.2 Å². The zero-order valence-electron chi connectivity index (χ0n) is 11.7. The van der Waals surface area contributed by atoms with Gasteiger partial charge in [-0.15, -0.1) is 0 Å². The molecule has 0 bridgehead atoms. The van der Waals surface area contributed by atoms with Crippen molar-refractivity contribution in [3.63, 3.8) is 0 Å². The molecule has 1 aromatic heterocycles. The molecule has 7 heteroatoms. The summed E-state index contributed by atoms with van der Waals surface area (Å²) >= 11 is 5.99. The number of methoxy groups -OCH3 is 1. The number of anilines is 2. The Labute approximate surface area is 131 Å². The molecule has 0 radical (unpaired) electrons. The normalized spacial score (nSPS) is 10.5. The first kappa shape index (κ1) is 14.4. The van der Waals surface area contributed by atoms with E-state index in [9.17, 15) is 0 Å². The van der Waals surface area contributed by atoms with Crippen LogP contribution in [-0.4, -0.2) is 17.1 Å². The summed E-state index contributed by atoms with van der Waals surface area (Å²) < 4.78 is 5.26. The quantitative estimate of drug-likeness (QED) is 0.719. The van der Waals surface area contributed by atoms with E-state index in [2.05, 4.69) is 15.3 Å². The van der Waals surface area contributed by atoms with E-state index in [1.165, 1.54) is 13.4 Å². The summed E-state index contributed by atoms with van der Waals surface area (Å²) in [5, 5.41) is 4.63. The lowest BCUT2D eigenvalue weighted by Crippen LogP contribution is -2.04. The number of nitrogens with zero attached hydrogens (tertiary/aromatic N) is 2. The van der Waals surface area contributed by atoms with Crippen molar-refractivity contribution in [3.05, 3.63) is 47.7 Å². The highest BCUT2D eigenvalue weighted by Gasteiger charge is 2.11. The first-order valence-corrected chi connectivity index (χ1v) is 6.81. The third-order valence-corrected chi connectivity index (χ3v) is 3.37. The molecule has 1 heterocycles. The van der Waals surface area contributed by atoms with Gasteiger partial charge in [-0.1, -0.05) is 17.7 Å². The molecule has 2 aromatic carbocycles. The summed E-state index contributed by atoms with van der Waals surface area (Å²) in [4.78, 5) is 13.3. The number of aromatic nitrogens is 2. The number of fused-ring (bicyclic) bond motifs is 1. The van der Waals surface area contributed by atoms with Crippen LogP contribution in [0.5, 0.6) is 11.5 Å². The SMILES string of the molecule is COc1cc2c(Nc3cccc(Cl)c3)ncnc2cc1ON. The lowest BCUT2D eigenvalue weighted by molar-refractivity contribution is 0.306. The van der Waals surface area contributed by atoms with Crippen LogP contribution in [0, 0.1) is 0 Å². The Kier molecular flexibility index (Phi) is 3.95. The second-order valence-electron chi connectivity index (χ2n) is 4.50. The molecular weight excluding hydrogens is 304 g/mol. The summed E-state index contributed by atoms with van der Waals surface area (Å²) in [5.41, 5.74) is 1.51. The van der Waals surface area contributed by atoms with E-state index in [-0.39, 0.29) is 0 Å². The zero-order chi connectivity index (χ0) is 15.5. The largest absolute Gasteiger partial charge is 0.493 e. The van der Waals surface area contributed by atoms with Crippen LogP contribution in [0.3, 0.4) is 0 Å². The van der Waals surface area contributed by atoms with E-state index >= 15 is 0 Å². The van der Waals surface area contributed by atoms with E-state index in [0.717, 1.165) is 11.1 Å². The van der Waals surface area contributed by atoms with Gasteiger partial charge in [0.05, 0.1) is 12.6 Å². The highest BCUT2D eigenvalue weighted by Crippen LogP contribution is 2.34. The maximum atomic E-state index is 5.99. The zero-order valence-corrected chi connectivity index (χ0v) is 12.5. The Bertz CT molecular complexity index is 826. The average Bonchev–Trinajstić information content (AvgIpc) is 2.54. The van der Waals surface area contributed by atoms with Crippen LogP contribution in [0.15, 0.2) is 42.7 Å². The Morgan fingerprint density at radius 1 is 1.14 bits per heavy atom. The Morgan fingerprint density at radius 2 is 2.00 bits per heavy atom. The molecule has 0 aliphatic rings. The number of benzene rings is 2. The van der Waals surface area contributed by atoms with Gasteiger partial charge in [-0.3, -0.25) is 0 Å². The fourth-order valence-electron chi connectivity index (χ4n) is 2.12. The Hall–Kier alpha value is -2.57. The van der Waals surface area contributed by atoms with Gasteiger partial charge in [0, 0.05) is 22.2 Å². The fourth-order valence-corrected chi connectivity index (χ4v) is 2.31. The van der Waals surface area contributed by atoms with Gasteiger partial charge in [-0.2, -0.15) is 5.90 Å². The summed E-state index contributed by atoms with van der Waals surface area (Å²) in [7, 11) is 1.54. The summed E-state index contributed by atoms with van der Waals surface area (Å²) in [6.45, 7) is 0. The second kappa shape index (κ2) is 6.05. The third-order valence-electron chi connectivity index (χ3n) is 3.14. The third kappa shape index (κ3) is 2.74. The molecule has 0 spiro atoms. The first-order valence-electron chi connectivity index (χ1n) is 6.43. The smallest absolute Gasteiger partial charge is 0.190 e. The van der Waals surface area contributed by atoms with Crippen molar-refractivity contribution < 1.29 is 9.57 Å². The monoisotopic (exact) mass is 316 g/mol. The van der Waals surface area contributed by atoms with Crippen molar-refractivity contribution in [2.24, 2.45) is 5.90 Å². The van der Waals surface area contributed by atoms with Crippen LogP contribution in [0.4, 0.5) is 11.5 Å². The van der Waals surface area contributed by atoms with Crippen molar-refractivity contribution in [2.75, 3.05) is 12.4 Å². The van der Waals surface area contributed by atoms with Crippen molar-refractivity contribution in [1.82, 2.24) is 9.97 Å². The highest BCUT2D eigenvalue weighted by molar-refractivity contribution is 6.30. The summed E-state index contributed by atoms with van der Waals surface area (Å²) in [6, 6.07) is 10.8. The lowest BCUT2D eigenvalue weighted by atomic mass is 10.2. The number of nitrogens with two attached hydrogens (primary N) is 1. The molecule has 3 N–H and O–H groups in total. The predicted molar refractivity (Wildman–Crippen MR) is 85.6 cm³/mol. The first-order chi connectivity index (χ1) is 10.7. The minimum Gasteiger partial charge on any atom is -0.493 e. The van der Waals surface area contributed by atoms with E-state index in [0.29, 0.717) is 27.9 Å². The molecule has 0 aliphatic carbocycles. The van der Waals surface area contributed by atoms with Crippen LogP contribution in [0.25, 0.3) is 10.9 Å². The lowest BCUT2D eigenvalue weighted by Gasteiger charge is -2.11. The molecule has 0 saturated carbocycles. The summed E-state index contributed by atoms with van der Waals surface area (Å²) in [6.07, 6.45) is 1.46. The van der Waals surface area contributed by atoms with Crippen LogP contribution in [-0.2, 0) is 0 Å². The number of hydrogen-bond acceptors (Lipinski definition) is 6. The molecular formula is C15H13ClN4O2. The fraction of sp³-hybridized carbons (Fsp3) is 0.0667. The number of rotatable bonds is 4. The van der Waals surface area contributed by atoms with E-state index in [4.69, 9.17) is 27.1 Å². The minimum absolute atomic E-state index is 0.405. The molecule has 22 heavy (non-hydrogen) atoms. The van der Waals surface area contributed by atoms with Crippen molar-refractivity contribution >= 4 is 34.0 Å². The van der Waals surface area contributed by atoms with Gasteiger partial charge >= 0.3 is 0 Å². The number of ether oxygens (including phenoxy) is 1. The molecule has 0 amide bonds. The van der Waals surface area contributed by atoms with Gasteiger partial charge in [0.15, 0.2) is 11.5 Å². The molecule has 3 rings (SSSR count). The predicted octanol–water partition coefficient (Wildman–Crippen LogP) is 3.29. The number of nitrogens with one attached hydrogen (secondary N) is 1. The molecule has 0 fully saturated rings. The standard InChI is InChI=1S/C15H13ClN4O2/c1-21-13-6-11-12(7-14(13)22-17)18-8-19-15(11)20-10-4-2-3-9(16)5-10/h2-8H,17H2,1H3,(H,18,19,20). The minimum atomic E-state index is 0.405. The topological polar surface area (TPSA) is 82.3 Å². The Balaban J connectivity index is 2.09. The second-order valence-corrected chi connectivity index (χ2v) is 4.93. The number of hydrogen-bond donors (Lipinski definition) is 2. The van der Waals surface area contributed by atoms with Crippen LogP contribution >= 0.6 is 11.6 Å². The molecule has 112 valence electrons. The molecule has 6 nitrogen and oxygen atoms in total. The van der Waals surface area contributed by atoms with E-state index < -0.39 is 0 Å². The van der Waals surface area contributed by atoms with Gasteiger partial charge in [0.25, 0.3) is 0 Å². The maximum Gasteiger partial charge on any atom is 0.190 e. The molecule has 0 aliphatic heterocycles. The molecule has 0 saturated heterocycles. The van der Waals surface area contributed by atoms with Crippen LogP contribution in [0.1, 0.15) is 0 Å². The van der Waals surface area contributed by atoms with Gasteiger partial charge in [-0.25, -0.2) is 9.97 Å². The molecule has 0 unspecified atom stereocenters. The average molecular weight is 317 g/mol. The number of halogens is 1. The maximum absolute atomic E-state index is 5.99. The van der Waals surface area contributed by atoms with Gasteiger partial charge in [0.2, 0.25) is 0 Å². The molecule has 3 aromatic rings. The van der Waals surface area contributed by atoms with Gasteiger partial charge < -0.3 is 14.9 Å².